The molecule has 198 valence electrons. The second-order valence-corrected chi connectivity index (χ2v) is 9.23. The van der Waals surface area contributed by atoms with E-state index in [9.17, 15) is 45.0 Å². The summed E-state index contributed by atoms with van der Waals surface area (Å²) in [5.74, 6) is -9.06. The fourth-order valence-electron chi connectivity index (χ4n) is 5.20. The van der Waals surface area contributed by atoms with Crippen molar-refractivity contribution in [1.82, 2.24) is 0 Å². The van der Waals surface area contributed by atoms with E-state index in [1.165, 1.54) is 7.11 Å². The van der Waals surface area contributed by atoms with Crippen LogP contribution in [0.15, 0.2) is 42.5 Å². The van der Waals surface area contributed by atoms with Gasteiger partial charge in [-0.3, -0.25) is 0 Å². The first-order valence-electron chi connectivity index (χ1n) is 11.2. The van der Waals surface area contributed by atoms with Crippen molar-refractivity contribution in [3.05, 3.63) is 48.0 Å². The number of carboxylic acid groups (broad SMARTS) is 3. The molecule has 12 heteroatoms. The van der Waals surface area contributed by atoms with Crippen LogP contribution >= 0.6 is 0 Å². The molecule has 0 aliphatic carbocycles. The molecular weight excluding hydrogens is 480 g/mol. The molecule has 3 rings (SSSR count). The summed E-state index contributed by atoms with van der Waals surface area (Å²) in [6.07, 6.45) is -7.78. The molecule has 0 aromatic heterocycles. The highest BCUT2D eigenvalue weighted by Crippen LogP contribution is 2.54. The molecule has 0 spiro atoms. The standard InChI is InChI=1S/C24H30O12/c1-12(15(34-3)13(2)11-14-7-5-4-6-8-14)9-10-22-16(25)17(26)24(36-22,21(31)32)23(33,20(29)30)18(35-22)19(27)28/h4-8,13,15-18,25-26,33H,1,9-11H2,2-3H3,(H,27,28)(H,29,30)(H,31,32)/t13-,15-,16-,17-,18-,22+,23-,24+/m1/s1. The van der Waals surface area contributed by atoms with Gasteiger partial charge in [-0.05, 0) is 29.9 Å². The number of ether oxygens (including phenoxy) is 3. The predicted octanol–water partition coefficient (Wildman–Crippen LogP) is -0.213. The van der Waals surface area contributed by atoms with E-state index in [1.807, 2.05) is 37.3 Å². The molecule has 6 N–H and O–H groups in total. The van der Waals surface area contributed by atoms with Crippen molar-refractivity contribution in [1.29, 1.82) is 0 Å². The van der Waals surface area contributed by atoms with Gasteiger partial charge in [-0.2, -0.15) is 0 Å². The van der Waals surface area contributed by atoms with Gasteiger partial charge in [0.1, 0.15) is 12.2 Å². The average Bonchev–Trinajstić information content (AvgIpc) is 3.02. The van der Waals surface area contributed by atoms with Crippen molar-refractivity contribution in [3.8, 4) is 0 Å². The molecule has 1 aromatic carbocycles. The molecule has 0 amide bonds. The molecule has 0 radical (unpaired) electrons. The number of rotatable bonds is 11. The van der Waals surface area contributed by atoms with Crippen molar-refractivity contribution in [2.45, 2.75) is 67.6 Å². The van der Waals surface area contributed by atoms with Crippen LogP contribution in [0.25, 0.3) is 0 Å². The highest BCUT2D eigenvalue weighted by Gasteiger charge is 2.84. The van der Waals surface area contributed by atoms with E-state index in [-0.39, 0.29) is 12.3 Å². The largest absolute Gasteiger partial charge is 0.479 e. The zero-order valence-electron chi connectivity index (χ0n) is 19.7. The number of hydrogen-bond donors (Lipinski definition) is 6. The van der Waals surface area contributed by atoms with E-state index >= 15 is 0 Å². The zero-order chi connectivity index (χ0) is 27.1. The fourth-order valence-corrected chi connectivity index (χ4v) is 5.20. The summed E-state index contributed by atoms with van der Waals surface area (Å²) in [7, 11) is 1.47. The van der Waals surface area contributed by atoms with Crippen LogP contribution in [-0.4, -0.2) is 97.1 Å². The first-order chi connectivity index (χ1) is 16.8. The van der Waals surface area contributed by atoms with Gasteiger partial charge in [-0.15, -0.1) is 0 Å². The van der Waals surface area contributed by atoms with Crippen LogP contribution in [0.4, 0.5) is 0 Å². The third-order valence-corrected chi connectivity index (χ3v) is 7.00. The Morgan fingerprint density at radius 1 is 1.08 bits per heavy atom. The Bertz CT molecular complexity index is 1030. The van der Waals surface area contributed by atoms with Crippen molar-refractivity contribution in [3.63, 3.8) is 0 Å². The van der Waals surface area contributed by atoms with Gasteiger partial charge in [0.15, 0.2) is 5.79 Å². The second kappa shape index (κ2) is 9.88. The Labute approximate surface area is 206 Å². The maximum Gasteiger partial charge on any atom is 0.343 e. The molecule has 2 aliphatic rings. The molecule has 2 saturated heterocycles. The molecular formula is C24H30O12. The summed E-state index contributed by atoms with van der Waals surface area (Å²) in [4.78, 5) is 35.9. The van der Waals surface area contributed by atoms with E-state index in [4.69, 9.17) is 14.2 Å². The van der Waals surface area contributed by atoms with Gasteiger partial charge in [0, 0.05) is 13.5 Å². The minimum atomic E-state index is -3.76. The molecule has 12 nitrogen and oxygen atoms in total. The molecule has 8 atom stereocenters. The van der Waals surface area contributed by atoms with Crippen molar-refractivity contribution in [2.24, 2.45) is 5.92 Å². The number of methoxy groups -OCH3 is 1. The van der Waals surface area contributed by atoms with E-state index in [2.05, 4.69) is 6.58 Å². The molecule has 2 aliphatic heterocycles. The molecule has 0 unspecified atom stereocenters. The minimum Gasteiger partial charge on any atom is -0.479 e. The number of fused-ring (bicyclic) bond motifs is 2. The van der Waals surface area contributed by atoms with Gasteiger partial charge in [-0.25, -0.2) is 14.4 Å². The number of carboxylic acids is 3. The van der Waals surface area contributed by atoms with E-state index in [0.717, 1.165) is 5.56 Å². The van der Waals surface area contributed by atoms with Crippen molar-refractivity contribution < 1.29 is 59.2 Å². The van der Waals surface area contributed by atoms with Crippen LogP contribution < -0.4 is 0 Å². The zero-order valence-corrected chi connectivity index (χ0v) is 19.7. The summed E-state index contributed by atoms with van der Waals surface area (Å²) < 4.78 is 16.2. The Morgan fingerprint density at radius 2 is 1.69 bits per heavy atom. The van der Waals surface area contributed by atoms with Crippen LogP contribution in [0.5, 0.6) is 0 Å². The topological polar surface area (TPSA) is 200 Å². The lowest BCUT2D eigenvalue weighted by Crippen LogP contribution is -2.77. The third-order valence-electron chi connectivity index (χ3n) is 7.00. The number of benzene rings is 1. The highest BCUT2D eigenvalue weighted by atomic mass is 16.8. The SMILES string of the molecule is C=C(CC[C@]12O[C@H](C(=O)O)[C@@](O)(C(=O)O)[C@](C(=O)O)(O1)[C@H](O)[C@H]2O)[C@@H](OC)[C@H](C)Cc1ccccc1. The van der Waals surface area contributed by atoms with Crippen LogP contribution in [0.3, 0.4) is 0 Å². The van der Waals surface area contributed by atoms with Crippen molar-refractivity contribution in [2.75, 3.05) is 7.11 Å². The van der Waals surface area contributed by atoms with Gasteiger partial charge >= 0.3 is 17.9 Å². The van der Waals surface area contributed by atoms with Gasteiger partial charge in [0.2, 0.25) is 17.3 Å². The molecule has 2 bridgehead atoms. The third kappa shape index (κ3) is 4.09. The fraction of sp³-hybridized carbons (Fsp3) is 0.542. The molecule has 36 heavy (non-hydrogen) atoms. The van der Waals surface area contributed by atoms with E-state index in [1.54, 1.807) is 0 Å². The van der Waals surface area contributed by atoms with Gasteiger partial charge in [0.25, 0.3) is 0 Å². The summed E-state index contributed by atoms with van der Waals surface area (Å²) >= 11 is 0. The number of aliphatic hydroxyl groups is 3. The minimum absolute atomic E-state index is 0.0467. The van der Waals surface area contributed by atoms with Crippen LogP contribution in [0.1, 0.15) is 25.3 Å². The van der Waals surface area contributed by atoms with E-state index in [0.29, 0.717) is 12.0 Å². The summed E-state index contributed by atoms with van der Waals surface area (Å²) in [6, 6.07) is 9.58. The normalized spacial score (nSPS) is 35.1. The Kier molecular flexibility index (Phi) is 7.61. The lowest BCUT2D eigenvalue weighted by Gasteiger charge is -2.48. The van der Waals surface area contributed by atoms with E-state index < -0.39 is 65.7 Å². The van der Waals surface area contributed by atoms with Crippen LogP contribution in [0.2, 0.25) is 0 Å². The Balaban J connectivity index is 1.89. The number of hydrogen-bond acceptors (Lipinski definition) is 9. The Morgan fingerprint density at radius 3 is 2.19 bits per heavy atom. The lowest BCUT2D eigenvalue weighted by molar-refractivity contribution is -0.374. The first-order valence-corrected chi connectivity index (χ1v) is 11.2. The number of carbonyl (C=O) groups is 3. The molecule has 2 heterocycles. The highest BCUT2D eigenvalue weighted by molar-refractivity contribution is 5.97. The van der Waals surface area contributed by atoms with Crippen LogP contribution in [0, 0.1) is 5.92 Å². The number of aliphatic carboxylic acids is 3. The first kappa shape index (κ1) is 27.7. The quantitative estimate of drug-likeness (QED) is 0.214. The molecule has 1 aromatic rings. The van der Waals surface area contributed by atoms with Crippen LogP contribution in [-0.2, 0) is 35.0 Å². The molecule has 0 saturated carbocycles. The summed E-state index contributed by atoms with van der Waals surface area (Å²) in [5.41, 5.74) is -5.66. The van der Waals surface area contributed by atoms with Crippen molar-refractivity contribution >= 4 is 17.9 Å². The summed E-state index contributed by atoms with van der Waals surface area (Å²) in [6.45, 7) is 5.93. The molecule has 2 fully saturated rings. The maximum absolute atomic E-state index is 12.2. The van der Waals surface area contributed by atoms with Gasteiger partial charge in [0.05, 0.1) is 6.10 Å². The number of aliphatic hydroxyl groups excluding tert-OH is 2. The summed E-state index contributed by atoms with van der Waals surface area (Å²) in [5, 5.41) is 61.1. The smallest absolute Gasteiger partial charge is 0.343 e. The van der Waals surface area contributed by atoms with Gasteiger partial charge < -0.3 is 44.8 Å². The maximum atomic E-state index is 12.2. The Hall–Kier alpha value is -2.87. The monoisotopic (exact) mass is 510 g/mol. The average molecular weight is 510 g/mol. The lowest BCUT2D eigenvalue weighted by atomic mass is 9.74. The predicted molar refractivity (Wildman–Crippen MR) is 120 cm³/mol. The van der Waals surface area contributed by atoms with Gasteiger partial charge in [-0.1, -0.05) is 43.8 Å². The second-order valence-electron chi connectivity index (χ2n) is 9.23.